The minimum absolute atomic E-state index is 0.155. The van der Waals surface area contributed by atoms with Crippen molar-refractivity contribution in [1.82, 2.24) is 0 Å². The molecule has 0 fully saturated rings. The van der Waals surface area contributed by atoms with Gasteiger partial charge in [0, 0.05) is 25.0 Å². The number of rotatable bonds is 32. The van der Waals surface area contributed by atoms with E-state index in [0.717, 1.165) is 19.6 Å². The van der Waals surface area contributed by atoms with Crippen LogP contribution in [0.25, 0.3) is 0 Å². The van der Waals surface area contributed by atoms with Crippen molar-refractivity contribution in [3.05, 3.63) is 12.7 Å². The Balaban J connectivity index is 0. The first-order chi connectivity index (χ1) is 20.5. The third-order valence-corrected chi connectivity index (χ3v) is 9.17. The summed E-state index contributed by atoms with van der Waals surface area (Å²) in [5, 5.41) is 0. The molecule has 0 aliphatic carbocycles. The standard InChI is InChI=1S/C37H76O2.C3H6/c1-7-13-16-19-22-24-27-30-34-36(32-10-4,33-29-26-21-18-15-9-3)37(38-11-5,39-12-6)35-31-28-25-23-20-17-14-8-2;1-3-2/h7-35H2,1-6H3;3H,1H2,2H3. The summed E-state index contributed by atoms with van der Waals surface area (Å²) < 4.78 is 13.7. The summed E-state index contributed by atoms with van der Waals surface area (Å²) in [5.41, 5.74) is 0.155. The van der Waals surface area contributed by atoms with Gasteiger partial charge in [-0.25, -0.2) is 0 Å². The first-order valence-corrected chi connectivity index (χ1v) is 19.4. The Labute approximate surface area is 268 Å². The lowest BCUT2D eigenvalue weighted by Gasteiger charge is -2.51. The number of hydrogen-bond donors (Lipinski definition) is 0. The lowest BCUT2D eigenvalue weighted by molar-refractivity contribution is -0.308. The van der Waals surface area contributed by atoms with Crippen molar-refractivity contribution in [3.8, 4) is 0 Å². The van der Waals surface area contributed by atoms with E-state index in [1.165, 1.54) is 167 Å². The fraction of sp³-hybridized carbons (Fsp3) is 0.950. The van der Waals surface area contributed by atoms with Gasteiger partial charge in [-0.2, -0.15) is 0 Å². The minimum atomic E-state index is -0.404. The Bertz CT molecular complexity index is 510. The van der Waals surface area contributed by atoms with Crippen LogP contribution in [0, 0.1) is 5.41 Å². The van der Waals surface area contributed by atoms with E-state index in [2.05, 4.69) is 48.1 Å². The third kappa shape index (κ3) is 22.2. The van der Waals surface area contributed by atoms with Crippen molar-refractivity contribution in [2.45, 2.75) is 228 Å². The first kappa shape index (κ1) is 43.8. The summed E-state index contributed by atoms with van der Waals surface area (Å²) in [4.78, 5) is 0. The van der Waals surface area contributed by atoms with Crippen LogP contribution in [-0.4, -0.2) is 19.0 Å². The molecule has 0 aromatic heterocycles. The molecule has 0 N–H and O–H groups in total. The largest absolute Gasteiger partial charge is 0.350 e. The lowest BCUT2D eigenvalue weighted by Crippen LogP contribution is -2.53. The highest BCUT2D eigenvalue weighted by Gasteiger charge is 2.51. The molecule has 254 valence electrons. The van der Waals surface area contributed by atoms with E-state index < -0.39 is 5.79 Å². The molecule has 0 spiro atoms. The predicted molar refractivity (Wildman–Crippen MR) is 192 cm³/mol. The molecule has 2 nitrogen and oxygen atoms in total. The van der Waals surface area contributed by atoms with Gasteiger partial charge in [0.1, 0.15) is 0 Å². The van der Waals surface area contributed by atoms with Crippen LogP contribution in [0.4, 0.5) is 0 Å². The highest BCUT2D eigenvalue weighted by atomic mass is 16.7. The monoisotopic (exact) mass is 595 g/mol. The normalized spacial score (nSPS) is 13.0. The van der Waals surface area contributed by atoms with E-state index in [-0.39, 0.29) is 5.41 Å². The molecule has 42 heavy (non-hydrogen) atoms. The van der Waals surface area contributed by atoms with Crippen LogP contribution >= 0.6 is 0 Å². The Kier molecular flexibility index (Phi) is 35.0. The number of hydrogen-bond acceptors (Lipinski definition) is 2. The Morgan fingerprint density at radius 1 is 0.405 bits per heavy atom. The molecule has 2 heteroatoms. The van der Waals surface area contributed by atoms with Gasteiger partial charge in [-0.05, 0) is 46.5 Å². The van der Waals surface area contributed by atoms with Crippen molar-refractivity contribution in [2.75, 3.05) is 13.2 Å². The molecule has 0 aromatic carbocycles. The third-order valence-electron chi connectivity index (χ3n) is 9.17. The van der Waals surface area contributed by atoms with E-state index in [4.69, 9.17) is 9.47 Å². The molecular weight excluding hydrogens is 512 g/mol. The van der Waals surface area contributed by atoms with Crippen LogP contribution in [0.15, 0.2) is 12.7 Å². The zero-order valence-corrected chi connectivity index (χ0v) is 30.6. The SMILES string of the molecule is C=CC.CCCCCCCCCCC(CCC)(CCCCCCCC)C(CCCCCCCCCC)(OCC)OCC. The summed E-state index contributed by atoms with van der Waals surface area (Å²) in [6.07, 6.45) is 38.1. The number of allylic oxidation sites excluding steroid dienone is 1. The Hall–Kier alpha value is -0.340. The molecule has 0 amide bonds. The minimum Gasteiger partial charge on any atom is -0.350 e. The van der Waals surface area contributed by atoms with Gasteiger partial charge in [0.2, 0.25) is 0 Å². The van der Waals surface area contributed by atoms with Gasteiger partial charge in [-0.3, -0.25) is 0 Å². The van der Waals surface area contributed by atoms with Gasteiger partial charge in [0.25, 0.3) is 0 Å². The van der Waals surface area contributed by atoms with E-state index in [1.807, 2.05) is 6.92 Å². The average molecular weight is 595 g/mol. The molecule has 0 radical (unpaired) electrons. The second kappa shape index (κ2) is 33.6. The quantitative estimate of drug-likeness (QED) is 0.0438. The van der Waals surface area contributed by atoms with Crippen LogP contribution in [0.2, 0.25) is 0 Å². The predicted octanol–water partition coefficient (Wildman–Crippen LogP) is 14.5. The molecular formula is C40H82O2. The number of ether oxygens (including phenoxy) is 2. The Morgan fingerprint density at radius 2 is 0.690 bits per heavy atom. The second-order valence-corrected chi connectivity index (χ2v) is 13.0. The van der Waals surface area contributed by atoms with Gasteiger partial charge in [0.05, 0.1) is 0 Å². The Morgan fingerprint density at radius 3 is 0.976 bits per heavy atom. The molecule has 0 aliphatic rings. The van der Waals surface area contributed by atoms with Crippen molar-refractivity contribution < 1.29 is 9.47 Å². The van der Waals surface area contributed by atoms with Crippen molar-refractivity contribution in [1.29, 1.82) is 0 Å². The molecule has 0 rings (SSSR count). The lowest BCUT2D eigenvalue weighted by atomic mass is 9.66. The van der Waals surface area contributed by atoms with Crippen molar-refractivity contribution >= 4 is 0 Å². The maximum absolute atomic E-state index is 6.84. The molecule has 0 aromatic rings. The van der Waals surface area contributed by atoms with Crippen molar-refractivity contribution in [3.63, 3.8) is 0 Å². The molecule has 0 aliphatic heterocycles. The summed E-state index contributed by atoms with van der Waals surface area (Å²) >= 11 is 0. The van der Waals surface area contributed by atoms with E-state index in [1.54, 1.807) is 6.08 Å². The smallest absolute Gasteiger partial charge is 0.173 e. The summed E-state index contributed by atoms with van der Waals surface area (Å²) in [6, 6.07) is 0. The van der Waals surface area contributed by atoms with Crippen LogP contribution in [0.5, 0.6) is 0 Å². The topological polar surface area (TPSA) is 18.5 Å². The van der Waals surface area contributed by atoms with Gasteiger partial charge >= 0.3 is 0 Å². The zero-order chi connectivity index (χ0) is 31.6. The van der Waals surface area contributed by atoms with E-state index in [9.17, 15) is 0 Å². The molecule has 0 saturated carbocycles. The first-order valence-electron chi connectivity index (χ1n) is 19.4. The van der Waals surface area contributed by atoms with E-state index in [0.29, 0.717) is 0 Å². The zero-order valence-electron chi connectivity index (χ0n) is 30.6. The van der Waals surface area contributed by atoms with Crippen LogP contribution in [-0.2, 0) is 9.47 Å². The van der Waals surface area contributed by atoms with Gasteiger partial charge in [-0.1, -0.05) is 175 Å². The van der Waals surface area contributed by atoms with Crippen LogP contribution < -0.4 is 0 Å². The summed E-state index contributed by atoms with van der Waals surface area (Å²) in [5.74, 6) is -0.404. The highest BCUT2D eigenvalue weighted by molar-refractivity contribution is 4.95. The molecule has 0 saturated heterocycles. The average Bonchev–Trinajstić information content (AvgIpc) is 2.98. The van der Waals surface area contributed by atoms with Gasteiger partial charge < -0.3 is 9.47 Å². The van der Waals surface area contributed by atoms with Crippen molar-refractivity contribution in [2.24, 2.45) is 5.41 Å². The van der Waals surface area contributed by atoms with Gasteiger partial charge in [-0.15, -0.1) is 6.58 Å². The maximum atomic E-state index is 6.84. The van der Waals surface area contributed by atoms with Crippen LogP contribution in [0.1, 0.15) is 222 Å². The summed E-state index contributed by atoms with van der Waals surface area (Å²) in [6.45, 7) is 20.5. The molecule has 0 heterocycles. The second-order valence-electron chi connectivity index (χ2n) is 13.0. The summed E-state index contributed by atoms with van der Waals surface area (Å²) in [7, 11) is 0. The fourth-order valence-electron chi connectivity index (χ4n) is 6.98. The molecule has 0 bridgehead atoms. The van der Waals surface area contributed by atoms with Crippen LogP contribution in [0.3, 0.4) is 0 Å². The molecule has 1 unspecified atom stereocenters. The molecule has 1 atom stereocenters. The van der Waals surface area contributed by atoms with Gasteiger partial charge in [0.15, 0.2) is 5.79 Å². The fourth-order valence-corrected chi connectivity index (χ4v) is 6.98. The number of unbranched alkanes of at least 4 members (excludes halogenated alkanes) is 19. The highest BCUT2D eigenvalue weighted by Crippen LogP contribution is 2.51. The van der Waals surface area contributed by atoms with E-state index >= 15 is 0 Å². The maximum Gasteiger partial charge on any atom is 0.173 e.